The number of amides is 3. The summed E-state index contributed by atoms with van der Waals surface area (Å²) < 4.78 is 5.70. The largest absolute Gasteiger partial charge is 0.486 e. The van der Waals surface area contributed by atoms with E-state index in [2.05, 4.69) is 4.98 Å². The molecule has 1 atom stereocenters. The summed E-state index contributed by atoms with van der Waals surface area (Å²) in [4.78, 5) is 32.2. The molecule has 0 spiro atoms. The molecular weight excluding hydrogens is 354 g/mol. The Bertz CT molecular complexity index is 819. The van der Waals surface area contributed by atoms with Gasteiger partial charge in [0.1, 0.15) is 18.5 Å². The molecule has 0 saturated carbocycles. The maximum atomic E-state index is 12.6. The third-order valence-electron chi connectivity index (χ3n) is 4.72. The molecular formula is C19H18ClN3O3. The van der Waals surface area contributed by atoms with Crippen molar-refractivity contribution in [2.45, 2.75) is 31.9 Å². The van der Waals surface area contributed by atoms with Crippen LogP contribution in [0.2, 0.25) is 5.02 Å². The van der Waals surface area contributed by atoms with Gasteiger partial charge < -0.3 is 9.64 Å². The number of pyridine rings is 1. The van der Waals surface area contributed by atoms with Crippen LogP contribution in [-0.4, -0.2) is 34.4 Å². The van der Waals surface area contributed by atoms with Crippen LogP contribution in [-0.2, 0) is 11.4 Å². The van der Waals surface area contributed by atoms with Crippen molar-refractivity contribution in [3.63, 3.8) is 0 Å². The van der Waals surface area contributed by atoms with Crippen LogP contribution in [0, 0.1) is 0 Å². The fourth-order valence-corrected chi connectivity index (χ4v) is 3.57. The zero-order valence-electron chi connectivity index (χ0n) is 14.1. The average molecular weight is 372 g/mol. The Balaban J connectivity index is 1.52. The van der Waals surface area contributed by atoms with Crippen LogP contribution in [0.5, 0.6) is 5.75 Å². The molecule has 1 aromatic carbocycles. The molecule has 3 heterocycles. The number of urea groups is 1. The topological polar surface area (TPSA) is 62.7 Å². The predicted molar refractivity (Wildman–Crippen MR) is 97.2 cm³/mol. The number of aromatic nitrogens is 1. The molecule has 6 nitrogen and oxygen atoms in total. The van der Waals surface area contributed by atoms with Crippen LogP contribution in [0.15, 0.2) is 42.6 Å². The standard InChI is InChI=1S/C19H18ClN3O3/c20-14-10-17(21-11-16(14)26-12-13-6-2-1-3-7-13)23-18(24)15-8-4-5-9-22(15)19(23)25/h1-3,6-7,10-11,15H,4-5,8-9,12H2. The molecule has 2 aromatic rings. The van der Waals surface area contributed by atoms with Gasteiger partial charge in [0.25, 0.3) is 5.91 Å². The molecule has 2 aliphatic rings. The molecule has 3 amide bonds. The molecule has 26 heavy (non-hydrogen) atoms. The van der Waals surface area contributed by atoms with Gasteiger partial charge in [-0.3, -0.25) is 4.79 Å². The first kappa shape index (κ1) is 16.8. The number of hydrogen-bond acceptors (Lipinski definition) is 4. The molecule has 2 saturated heterocycles. The van der Waals surface area contributed by atoms with Gasteiger partial charge in [-0.15, -0.1) is 0 Å². The van der Waals surface area contributed by atoms with Crippen molar-refractivity contribution < 1.29 is 14.3 Å². The fourth-order valence-electron chi connectivity index (χ4n) is 3.37. The Morgan fingerprint density at radius 1 is 1.19 bits per heavy atom. The van der Waals surface area contributed by atoms with Crippen molar-refractivity contribution in [3.8, 4) is 5.75 Å². The average Bonchev–Trinajstić information content (AvgIpc) is 2.93. The number of fused-ring (bicyclic) bond motifs is 1. The molecule has 0 N–H and O–H groups in total. The highest BCUT2D eigenvalue weighted by Crippen LogP contribution is 2.33. The van der Waals surface area contributed by atoms with Crippen LogP contribution in [0.25, 0.3) is 0 Å². The normalized spacial score (nSPS) is 19.7. The van der Waals surface area contributed by atoms with E-state index in [9.17, 15) is 9.59 Å². The number of carbonyl (C=O) groups is 2. The molecule has 4 rings (SSSR count). The quantitative estimate of drug-likeness (QED) is 0.770. The van der Waals surface area contributed by atoms with E-state index in [4.69, 9.17) is 16.3 Å². The van der Waals surface area contributed by atoms with Gasteiger partial charge in [0.2, 0.25) is 0 Å². The summed E-state index contributed by atoms with van der Waals surface area (Å²) in [7, 11) is 0. The number of halogens is 1. The summed E-state index contributed by atoms with van der Waals surface area (Å²) in [5.41, 5.74) is 1.01. The number of imide groups is 1. The van der Waals surface area contributed by atoms with E-state index >= 15 is 0 Å². The lowest BCUT2D eigenvalue weighted by Crippen LogP contribution is -2.39. The number of hydrogen-bond donors (Lipinski definition) is 0. The molecule has 0 aliphatic carbocycles. The summed E-state index contributed by atoms with van der Waals surface area (Å²) in [6.45, 7) is 0.969. The van der Waals surface area contributed by atoms with E-state index in [-0.39, 0.29) is 23.8 Å². The predicted octanol–water partition coefficient (Wildman–Crippen LogP) is 3.64. The maximum absolute atomic E-state index is 12.6. The van der Waals surface area contributed by atoms with E-state index in [1.165, 1.54) is 12.3 Å². The van der Waals surface area contributed by atoms with Gasteiger partial charge in [-0.1, -0.05) is 41.9 Å². The summed E-state index contributed by atoms with van der Waals surface area (Å²) in [5.74, 6) is 0.429. The summed E-state index contributed by atoms with van der Waals surface area (Å²) in [6, 6.07) is 10.5. The molecule has 0 radical (unpaired) electrons. The second kappa shape index (κ2) is 6.96. The van der Waals surface area contributed by atoms with Gasteiger partial charge in [0.05, 0.1) is 11.2 Å². The van der Waals surface area contributed by atoms with Crippen molar-refractivity contribution in [3.05, 3.63) is 53.2 Å². The summed E-state index contributed by atoms with van der Waals surface area (Å²) >= 11 is 6.29. The Hall–Kier alpha value is -2.60. The number of ether oxygens (including phenoxy) is 1. The third-order valence-corrected chi connectivity index (χ3v) is 5.01. The first-order chi connectivity index (χ1) is 12.6. The molecule has 7 heteroatoms. The molecule has 1 unspecified atom stereocenters. The lowest BCUT2D eigenvalue weighted by Gasteiger charge is -2.25. The SMILES string of the molecule is O=C1C2CCCCN2C(=O)N1c1cc(Cl)c(OCc2ccccc2)cn1. The van der Waals surface area contributed by atoms with Crippen LogP contribution in [0.3, 0.4) is 0 Å². The van der Waals surface area contributed by atoms with E-state index in [0.717, 1.165) is 23.3 Å². The monoisotopic (exact) mass is 371 g/mol. The molecule has 2 aliphatic heterocycles. The van der Waals surface area contributed by atoms with Crippen LogP contribution >= 0.6 is 11.6 Å². The zero-order chi connectivity index (χ0) is 18.1. The molecule has 134 valence electrons. The number of anilines is 1. The van der Waals surface area contributed by atoms with Crippen molar-refractivity contribution in [2.24, 2.45) is 0 Å². The highest BCUT2D eigenvalue weighted by atomic mass is 35.5. The number of carbonyl (C=O) groups excluding carboxylic acids is 2. The lowest BCUT2D eigenvalue weighted by atomic mass is 10.0. The summed E-state index contributed by atoms with van der Waals surface area (Å²) in [6.07, 6.45) is 4.03. The second-order valence-electron chi connectivity index (χ2n) is 6.41. The Morgan fingerprint density at radius 2 is 2.00 bits per heavy atom. The minimum absolute atomic E-state index is 0.226. The van der Waals surface area contributed by atoms with Gasteiger partial charge >= 0.3 is 6.03 Å². The minimum atomic E-state index is -0.370. The Morgan fingerprint density at radius 3 is 2.73 bits per heavy atom. The van der Waals surface area contributed by atoms with E-state index < -0.39 is 0 Å². The van der Waals surface area contributed by atoms with E-state index in [0.29, 0.717) is 30.3 Å². The second-order valence-corrected chi connectivity index (χ2v) is 6.82. The molecule has 2 fully saturated rings. The van der Waals surface area contributed by atoms with Crippen LogP contribution in [0.4, 0.5) is 10.6 Å². The molecule has 0 bridgehead atoms. The third kappa shape index (κ3) is 3.01. The first-order valence-corrected chi connectivity index (χ1v) is 9.00. The lowest BCUT2D eigenvalue weighted by molar-refractivity contribution is -0.120. The van der Waals surface area contributed by atoms with Gasteiger partial charge in [-0.25, -0.2) is 14.7 Å². The smallest absolute Gasteiger partial charge is 0.333 e. The van der Waals surface area contributed by atoms with Gasteiger partial charge in [0, 0.05) is 12.6 Å². The van der Waals surface area contributed by atoms with Crippen LogP contribution < -0.4 is 9.64 Å². The van der Waals surface area contributed by atoms with Gasteiger partial charge in [0.15, 0.2) is 5.75 Å². The van der Waals surface area contributed by atoms with Gasteiger partial charge in [-0.05, 0) is 24.8 Å². The van der Waals surface area contributed by atoms with Gasteiger partial charge in [-0.2, -0.15) is 0 Å². The van der Waals surface area contributed by atoms with Crippen molar-refractivity contribution in [1.29, 1.82) is 0 Å². The van der Waals surface area contributed by atoms with Crippen LogP contribution in [0.1, 0.15) is 24.8 Å². The van der Waals surface area contributed by atoms with Crippen molar-refractivity contribution >= 4 is 29.4 Å². The maximum Gasteiger partial charge on any atom is 0.333 e. The number of piperidine rings is 1. The minimum Gasteiger partial charge on any atom is -0.486 e. The Labute approximate surface area is 156 Å². The number of rotatable bonds is 4. The molecule has 1 aromatic heterocycles. The number of benzene rings is 1. The fraction of sp³-hybridized carbons (Fsp3) is 0.316. The zero-order valence-corrected chi connectivity index (χ0v) is 14.9. The van der Waals surface area contributed by atoms with Crippen molar-refractivity contribution in [2.75, 3.05) is 11.4 Å². The Kier molecular flexibility index (Phi) is 4.51. The first-order valence-electron chi connectivity index (χ1n) is 8.62. The summed E-state index contributed by atoms with van der Waals surface area (Å²) in [5, 5.41) is 0.316. The van der Waals surface area contributed by atoms with E-state index in [1.807, 2.05) is 30.3 Å². The highest BCUT2D eigenvalue weighted by Gasteiger charge is 2.47. The number of nitrogens with zero attached hydrogens (tertiary/aromatic N) is 3. The highest BCUT2D eigenvalue weighted by molar-refractivity contribution is 6.32. The van der Waals surface area contributed by atoms with Crippen molar-refractivity contribution in [1.82, 2.24) is 9.88 Å². The van der Waals surface area contributed by atoms with E-state index in [1.54, 1.807) is 4.90 Å².